The molecule has 1 heterocycles. The number of nitro groups is 1. The van der Waals surface area contributed by atoms with Gasteiger partial charge in [-0.1, -0.05) is 45.2 Å². The molecule has 1 aromatic heterocycles. The zero-order chi connectivity index (χ0) is 22.3. The van der Waals surface area contributed by atoms with Gasteiger partial charge in [0, 0.05) is 18.2 Å². The highest BCUT2D eigenvalue weighted by atomic mass is 16.6. The molecule has 9 heteroatoms. The molecule has 0 saturated carbocycles. The predicted octanol–water partition coefficient (Wildman–Crippen LogP) is 5.27. The van der Waals surface area contributed by atoms with Crippen LogP contribution < -0.4 is 5.56 Å². The van der Waals surface area contributed by atoms with Crippen molar-refractivity contribution < 1.29 is 10.0 Å². The van der Waals surface area contributed by atoms with Crippen LogP contribution in [0, 0.1) is 34.3 Å². The summed E-state index contributed by atoms with van der Waals surface area (Å²) in [5.41, 5.74) is -0.830. The number of para-hydroxylation sites is 1. The molecule has 9 nitrogen and oxygen atoms in total. The first-order valence-electron chi connectivity index (χ1n) is 9.87. The van der Waals surface area contributed by atoms with E-state index in [-0.39, 0.29) is 46.5 Å². The first-order valence-corrected chi connectivity index (χ1v) is 9.87. The molecule has 0 fully saturated rings. The van der Waals surface area contributed by atoms with Crippen LogP contribution in [0.25, 0.3) is 0 Å². The Hall–Kier alpha value is -3.54. The Bertz CT molecular complexity index is 1050. The van der Waals surface area contributed by atoms with Gasteiger partial charge in [-0.3, -0.25) is 19.5 Å². The van der Waals surface area contributed by atoms with Gasteiger partial charge in [-0.25, -0.2) is 0 Å². The lowest BCUT2D eigenvalue weighted by molar-refractivity contribution is -0.384. The molecule has 0 spiro atoms. The molecule has 30 heavy (non-hydrogen) atoms. The number of rotatable bonds is 9. The topological polar surface area (TPSA) is 134 Å². The van der Waals surface area contributed by atoms with Crippen molar-refractivity contribution in [2.45, 2.75) is 53.0 Å². The number of benzene rings is 1. The summed E-state index contributed by atoms with van der Waals surface area (Å²) in [6.07, 6.45) is 3.72. The van der Waals surface area contributed by atoms with Crippen molar-refractivity contribution in [3.63, 3.8) is 0 Å². The van der Waals surface area contributed by atoms with Crippen molar-refractivity contribution in [1.29, 1.82) is 5.26 Å². The first-order chi connectivity index (χ1) is 14.3. The second-order valence-corrected chi connectivity index (χ2v) is 7.06. The van der Waals surface area contributed by atoms with E-state index in [2.05, 4.69) is 17.2 Å². The van der Waals surface area contributed by atoms with Gasteiger partial charge >= 0.3 is 0 Å². The second-order valence-electron chi connectivity index (χ2n) is 7.06. The first kappa shape index (κ1) is 22.7. The summed E-state index contributed by atoms with van der Waals surface area (Å²) in [5.74, 6) is -0.234. The molecule has 0 aliphatic rings. The Kier molecular flexibility index (Phi) is 7.81. The lowest BCUT2D eigenvalue weighted by atomic mass is 9.99. The molecule has 2 aromatic rings. The zero-order valence-corrected chi connectivity index (χ0v) is 17.3. The van der Waals surface area contributed by atoms with Crippen molar-refractivity contribution in [2.75, 3.05) is 0 Å². The Labute approximate surface area is 174 Å². The minimum Gasteiger partial charge on any atom is -0.493 e. The molecular formula is C21H25N5O4. The number of hydrogen-bond acceptors (Lipinski definition) is 7. The summed E-state index contributed by atoms with van der Waals surface area (Å²) >= 11 is 0. The average Bonchev–Trinajstić information content (AvgIpc) is 2.73. The van der Waals surface area contributed by atoms with E-state index >= 15 is 0 Å². The summed E-state index contributed by atoms with van der Waals surface area (Å²) in [7, 11) is 0. The minimum atomic E-state index is -0.587. The Morgan fingerprint density at radius 3 is 2.60 bits per heavy atom. The number of nitrogens with zero attached hydrogens (tertiary/aromatic N) is 5. The lowest BCUT2D eigenvalue weighted by Crippen LogP contribution is -2.25. The van der Waals surface area contributed by atoms with Crippen LogP contribution in [0.3, 0.4) is 0 Å². The predicted molar refractivity (Wildman–Crippen MR) is 112 cm³/mol. The molecular weight excluding hydrogens is 386 g/mol. The summed E-state index contributed by atoms with van der Waals surface area (Å²) in [5, 5.41) is 39.0. The summed E-state index contributed by atoms with van der Waals surface area (Å²) < 4.78 is 1.16. The van der Waals surface area contributed by atoms with Gasteiger partial charge in [-0.15, -0.1) is 10.2 Å². The van der Waals surface area contributed by atoms with Crippen molar-refractivity contribution >= 4 is 17.1 Å². The highest BCUT2D eigenvalue weighted by molar-refractivity contribution is 5.59. The van der Waals surface area contributed by atoms with Crippen LogP contribution in [-0.2, 0) is 6.54 Å². The molecule has 0 radical (unpaired) electrons. The zero-order valence-electron chi connectivity index (χ0n) is 17.3. The van der Waals surface area contributed by atoms with Crippen molar-refractivity contribution in [1.82, 2.24) is 4.57 Å². The second kappa shape index (κ2) is 10.3. The van der Waals surface area contributed by atoms with E-state index in [9.17, 15) is 25.3 Å². The van der Waals surface area contributed by atoms with Gasteiger partial charge in [0.25, 0.3) is 11.2 Å². The van der Waals surface area contributed by atoms with E-state index in [1.165, 1.54) is 25.1 Å². The third-order valence-corrected chi connectivity index (χ3v) is 5.09. The minimum absolute atomic E-state index is 0.00573. The molecule has 1 N–H and O–H groups in total. The van der Waals surface area contributed by atoms with Crippen LogP contribution in [0.15, 0.2) is 39.3 Å². The van der Waals surface area contributed by atoms with E-state index in [4.69, 9.17) is 0 Å². The van der Waals surface area contributed by atoms with E-state index in [0.29, 0.717) is 0 Å². The van der Waals surface area contributed by atoms with Crippen LogP contribution >= 0.6 is 0 Å². The van der Waals surface area contributed by atoms with E-state index in [1.54, 1.807) is 6.07 Å². The molecule has 1 aromatic carbocycles. The van der Waals surface area contributed by atoms with Crippen LogP contribution in [0.4, 0.5) is 17.1 Å². The molecule has 1 unspecified atom stereocenters. The van der Waals surface area contributed by atoms with Crippen LogP contribution in [-0.4, -0.2) is 14.6 Å². The molecule has 0 aliphatic heterocycles. The number of nitro benzene ring substituents is 1. The number of azo groups is 1. The van der Waals surface area contributed by atoms with E-state index in [1.807, 2.05) is 13.0 Å². The molecule has 0 aliphatic carbocycles. The van der Waals surface area contributed by atoms with Crippen molar-refractivity contribution in [3.05, 3.63) is 55.9 Å². The third kappa shape index (κ3) is 4.89. The number of aromatic hydroxyl groups is 1. The third-order valence-electron chi connectivity index (χ3n) is 5.09. The lowest BCUT2D eigenvalue weighted by Gasteiger charge is -2.19. The fraction of sp³-hybridized carbons (Fsp3) is 0.429. The van der Waals surface area contributed by atoms with Gasteiger partial charge in [-0.2, -0.15) is 5.26 Å². The SMILES string of the molecule is CCCCC(CC)Cn1c(O)c(C#N)c(C)c(N=Nc2ccccc2[N+](=O)[O-])c1=O. The highest BCUT2D eigenvalue weighted by Gasteiger charge is 2.21. The van der Waals surface area contributed by atoms with E-state index in [0.717, 1.165) is 30.3 Å². The molecule has 0 amide bonds. The van der Waals surface area contributed by atoms with Crippen LogP contribution in [0.5, 0.6) is 5.88 Å². The Morgan fingerprint density at radius 1 is 1.30 bits per heavy atom. The fourth-order valence-electron chi connectivity index (χ4n) is 3.21. The molecule has 0 bridgehead atoms. The maximum atomic E-state index is 13.0. The fourth-order valence-corrected chi connectivity index (χ4v) is 3.21. The Morgan fingerprint density at radius 2 is 2.00 bits per heavy atom. The van der Waals surface area contributed by atoms with Gasteiger partial charge in [-0.05, 0) is 25.3 Å². The maximum Gasteiger partial charge on any atom is 0.296 e. The van der Waals surface area contributed by atoms with Gasteiger partial charge in [0.2, 0.25) is 5.88 Å². The smallest absolute Gasteiger partial charge is 0.296 e. The number of unbranched alkanes of at least 4 members (excludes halogenated alkanes) is 1. The van der Waals surface area contributed by atoms with Crippen LogP contribution in [0.1, 0.15) is 50.7 Å². The van der Waals surface area contributed by atoms with Crippen molar-refractivity contribution in [3.8, 4) is 11.9 Å². The number of hydrogen-bond donors (Lipinski definition) is 1. The highest BCUT2D eigenvalue weighted by Crippen LogP contribution is 2.31. The Balaban J connectivity index is 2.57. The maximum absolute atomic E-state index is 13.0. The van der Waals surface area contributed by atoms with Crippen LogP contribution in [0.2, 0.25) is 0 Å². The number of pyridine rings is 1. The van der Waals surface area contributed by atoms with Crippen molar-refractivity contribution in [2.24, 2.45) is 16.1 Å². The molecule has 0 saturated heterocycles. The summed E-state index contributed by atoms with van der Waals surface area (Å²) in [4.78, 5) is 23.6. The summed E-state index contributed by atoms with van der Waals surface area (Å²) in [6, 6.07) is 7.70. The monoisotopic (exact) mass is 411 g/mol. The molecule has 2 rings (SSSR count). The van der Waals surface area contributed by atoms with Gasteiger partial charge in [0.15, 0.2) is 11.4 Å². The number of aromatic nitrogens is 1. The summed E-state index contributed by atoms with van der Waals surface area (Å²) in [6.45, 7) is 5.84. The standard InChI is InChI=1S/C21H25N5O4/c1-4-6-9-15(5-2)13-25-20(27)16(12-22)14(3)19(21(25)28)24-23-17-10-7-8-11-18(17)26(29)30/h7-8,10-11,15,27H,4-6,9,13H2,1-3H3. The molecule has 158 valence electrons. The normalized spacial score (nSPS) is 12.1. The average molecular weight is 411 g/mol. The van der Waals surface area contributed by atoms with E-state index < -0.39 is 10.5 Å². The van der Waals surface area contributed by atoms with Gasteiger partial charge in [0.05, 0.1) is 4.92 Å². The molecule has 1 atom stereocenters. The largest absolute Gasteiger partial charge is 0.493 e. The van der Waals surface area contributed by atoms with Gasteiger partial charge < -0.3 is 5.11 Å². The quantitative estimate of drug-likeness (QED) is 0.340. The number of nitriles is 1. The van der Waals surface area contributed by atoms with Gasteiger partial charge in [0.1, 0.15) is 11.6 Å².